The Hall–Kier alpha value is -1.36. The summed E-state index contributed by atoms with van der Waals surface area (Å²) < 4.78 is 6.03. The van der Waals surface area contributed by atoms with E-state index >= 15 is 0 Å². The van der Waals surface area contributed by atoms with Gasteiger partial charge in [-0.15, -0.1) is 0 Å². The molecule has 0 unspecified atom stereocenters. The molecule has 0 saturated carbocycles. The predicted molar refractivity (Wildman–Crippen MR) is 61.4 cm³/mol. The Kier molecular flexibility index (Phi) is 2.48. The van der Waals surface area contributed by atoms with Crippen molar-refractivity contribution in [2.24, 2.45) is 0 Å². The molecular formula is C10H9BrN2O2. The van der Waals surface area contributed by atoms with Gasteiger partial charge in [0.15, 0.2) is 0 Å². The number of ether oxygens (including phenoxy) is 1. The van der Waals surface area contributed by atoms with E-state index in [1.54, 1.807) is 20.1 Å². The first-order valence-electron chi connectivity index (χ1n) is 4.36. The highest BCUT2D eigenvalue weighted by atomic mass is 79.9. The fourth-order valence-electron chi connectivity index (χ4n) is 1.37. The number of fused-ring (bicyclic) bond motifs is 1. The van der Waals surface area contributed by atoms with E-state index in [-0.39, 0.29) is 5.56 Å². The molecule has 0 atom stereocenters. The number of methoxy groups -OCH3 is 1. The highest BCUT2D eigenvalue weighted by molar-refractivity contribution is 9.10. The van der Waals surface area contributed by atoms with Gasteiger partial charge in [-0.3, -0.25) is 4.79 Å². The molecule has 1 heterocycles. The second kappa shape index (κ2) is 3.66. The standard InChI is InChI=1S/C10H9BrN2O2/c1-5-10(14)13-7-3-6(11)4-8(15-2)9(7)12-5/h3-4H,1-2H3,(H,13,14). The molecule has 0 aliphatic carbocycles. The minimum Gasteiger partial charge on any atom is -0.494 e. The van der Waals surface area contributed by atoms with E-state index < -0.39 is 0 Å². The maximum Gasteiger partial charge on any atom is 0.269 e. The molecule has 15 heavy (non-hydrogen) atoms. The van der Waals surface area contributed by atoms with E-state index in [4.69, 9.17) is 4.74 Å². The van der Waals surface area contributed by atoms with Crippen molar-refractivity contribution in [3.63, 3.8) is 0 Å². The molecule has 78 valence electrons. The number of benzene rings is 1. The van der Waals surface area contributed by atoms with Gasteiger partial charge in [-0.1, -0.05) is 15.9 Å². The maximum atomic E-state index is 11.4. The molecule has 0 bridgehead atoms. The van der Waals surface area contributed by atoms with Gasteiger partial charge in [0.25, 0.3) is 5.56 Å². The Morgan fingerprint density at radius 3 is 2.87 bits per heavy atom. The number of halogens is 1. The molecule has 2 aromatic rings. The topological polar surface area (TPSA) is 55.0 Å². The average molecular weight is 269 g/mol. The normalized spacial score (nSPS) is 10.6. The second-order valence-corrected chi connectivity index (χ2v) is 4.07. The number of nitrogens with zero attached hydrogens (tertiary/aromatic N) is 1. The summed E-state index contributed by atoms with van der Waals surface area (Å²) in [6.07, 6.45) is 0. The van der Waals surface area contributed by atoms with Crippen LogP contribution in [-0.4, -0.2) is 17.1 Å². The lowest BCUT2D eigenvalue weighted by Gasteiger charge is -2.05. The summed E-state index contributed by atoms with van der Waals surface area (Å²) in [4.78, 5) is 18.3. The van der Waals surface area contributed by atoms with Crippen LogP contribution in [0.4, 0.5) is 0 Å². The minimum absolute atomic E-state index is 0.178. The molecule has 4 nitrogen and oxygen atoms in total. The van der Waals surface area contributed by atoms with Gasteiger partial charge in [0.05, 0.1) is 12.6 Å². The molecule has 0 aliphatic heterocycles. The van der Waals surface area contributed by atoms with Crippen LogP contribution in [0, 0.1) is 6.92 Å². The summed E-state index contributed by atoms with van der Waals surface area (Å²) in [7, 11) is 1.57. The number of aryl methyl sites for hydroxylation is 1. The highest BCUT2D eigenvalue weighted by Crippen LogP contribution is 2.26. The first-order chi connectivity index (χ1) is 7.11. The van der Waals surface area contributed by atoms with Crippen LogP contribution in [-0.2, 0) is 0 Å². The number of aromatic amines is 1. The number of rotatable bonds is 1. The van der Waals surface area contributed by atoms with Crippen LogP contribution < -0.4 is 10.3 Å². The van der Waals surface area contributed by atoms with Crippen molar-refractivity contribution in [2.75, 3.05) is 7.11 Å². The van der Waals surface area contributed by atoms with E-state index in [9.17, 15) is 4.79 Å². The first kappa shape index (κ1) is 10.2. The monoisotopic (exact) mass is 268 g/mol. The van der Waals surface area contributed by atoms with E-state index in [0.29, 0.717) is 22.5 Å². The van der Waals surface area contributed by atoms with Gasteiger partial charge in [-0.2, -0.15) is 0 Å². The third-order valence-electron chi connectivity index (χ3n) is 2.12. The van der Waals surface area contributed by atoms with E-state index in [0.717, 1.165) is 4.47 Å². The van der Waals surface area contributed by atoms with E-state index in [1.165, 1.54) is 0 Å². The lowest BCUT2D eigenvalue weighted by molar-refractivity contribution is 0.418. The Morgan fingerprint density at radius 1 is 1.47 bits per heavy atom. The van der Waals surface area contributed by atoms with Crippen molar-refractivity contribution in [1.82, 2.24) is 9.97 Å². The lowest BCUT2D eigenvalue weighted by Crippen LogP contribution is -2.11. The number of H-pyrrole nitrogens is 1. The smallest absolute Gasteiger partial charge is 0.269 e. The second-order valence-electron chi connectivity index (χ2n) is 3.16. The maximum absolute atomic E-state index is 11.4. The van der Waals surface area contributed by atoms with Crippen LogP contribution in [0.3, 0.4) is 0 Å². The van der Waals surface area contributed by atoms with Crippen LogP contribution in [0.5, 0.6) is 5.75 Å². The van der Waals surface area contributed by atoms with Gasteiger partial charge in [-0.25, -0.2) is 4.98 Å². The predicted octanol–water partition coefficient (Wildman–Crippen LogP) is 2.00. The lowest BCUT2D eigenvalue weighted by atomic mass is 10.2. The van der Waals surface area contributed by atoms with E-state index in [2.05, 4.69) is 25.9 Å². The molecule has 0 aliphatic rings. The largest absolute Gasteiger partial charge is 0.494 e. The zero-order valence-electron chi connectivity index (χ0n) is 8.30. The van der Waals surface area contributed by atoms with Crippen molar-refractivity contribution in [3.8, 4) is 5.75 Å². The zero-order chi connectivity index (χ0) is 11.0. The highest BCUT2D eigenvalue weighted by Gasteiger charge is 2.07. The summed E-state index contributed by atoms with van der Waals surface area (Å²) in [6, 6.07) is 3.61. The number of hydrogen-bond donors (Lipinski definition) is 1. The summed E-state index contributed by atoms with van der Waals surface area (Å²) in [6.45, 7) is 1.67. The van der Waals surface area contributed by atoms with Crippen molar-refractivity contribution >= 4 is 27.0 Å². The molecule has 0 radical (unpaired) electrons. The van der Waals surface area contributed by atoms with Crippen LogP contribution in [0.25, 0.3) is 11.0 Å². The third-order valence-corrected chi connectivity index (χ3v) is 2.57. The van der Waals surface area contributed by atoms with Crippen LogP contribution in [0.15, 0.2) is 21.4 Å². The van der Waals surface area contributed by atoms with Crippen molar-refractivity contribution in [3.05, 3.63) is 32.7 Å². The fourth-order valence-corrected chi connectivity index (χ4v) is 1.81. The molecule has 1 aromatic carbocycles. The van der Waals surface area contributed by atoms with Crippen molar-refractivity contribution in [2.45, 2.75) is 6.92 Å². The Labute approximate surface area is 94.4 Å². The Morgan fingerprint density at radius 2 is 2.20 bits per heavy atom. The van der Waals surface area contributed by atoms with E-state index in [1.807, 2.05) is 6.07 Å². The minimum atomic E-state index is -0.178. The molecule has 2 rings (SSSR count). The summed E-state index contributed by atoms with van der Waals surface area (Å²) >= 11 is 3.34. The van der Waals surface area contributed by atoms with Gasteiger partial charge in [0.1, 0.15) is 17.0 Å². The first-order valence-corrected chi connectivity index (χ1v) is 5.15. The molecule has 0 saturated heterocycles. The number of nitrogens with one attached hydrogen (secondary N) is 1. The van der Waals surface area contributed by atoms with Gasteiger partial charge < -0.3 is 9.72 Å². The van der Waals surface area contributed by atoms with Crippen molar-refractivity contribution < 1.29 is 4.74 Å². The molecule has 1 N–H and O–H groups in total. The molecular weight excluding hydrogens is 260 g/mol. The summed E-state index contributed by atoms with van der Waals surface area (Å²) in [5.41, 5.74) is 1.58. The van der Waals surface area contributed by atoms with Crippen LogP contribution in [0.1, 0.15) is 5.69 Å². The number of aromatic nitrogens is 2. The Bertz CT molecular complexity index is 577. The van der Waals surface area contributed by atoms with Gasteiger partial charge in [0, 0.05) is 4.47 Å². The fraction of sp³-hybridized carbons (Fsp3) is 0.200. The molecule has 1 aromatic heterocycles. The van der Waals surface area contributed by atoms with Gasteiger partial charge in [0.2, 0.25) is 0 Å². The number of hydrogen-bond acceptors (Lipinski definition) is 3. The SMILES string of the molecule is COc1cc(Br)cc2[nH]c(=O)c(C)nc12. The van der Waals surface area contributed by atoms with Crippen molar-refractivity contribution in [1.29, 1.82) is 0 Å². The summed E-state index contributed by atoms with van der Waals surface area (Å²) in [5, 5.41) is 0. The average Bonchev–Trinajstić information content (AvgIpc) is 2.19. The molecule has 0 amide bonds. The molecule has 5 heteroatoms. The van der Waals surface area contributed by atoms with Gasteiger partial charge in [-0.05, 0) is 19.1 Å². The Balaban J connectivity index is 2.90. The van der Waals surface area contributed by atoms with Crippen LogP contribution >= 0.6 is 15.9 Å². The summed E-state index contributed by atoms with van der Waals surface area (Å²) in [5.74, 6) is 0.638. The molecule has 0 spiro atoms. The molecule has 0 fully saturated rings. The van der Waals surface area contributed by atoms with Crippen LogP contribution in [0.2, 0.25) is 0 Å². The third kappa shape index (κ3) is 1.74. The zero-order valence-corrected chi connectivity index (χ0v) is 9.88. The quantitative estimate of drug-likeness (QED) is 0.861. The van der Waals surface area contributed by atoms with Gasteiger partial charge >= 0.3 is 0 Å².